The van der Waals surface area contributed by atoms with Crippen molar-refractivity contribution in [3.05, 3.63) is 10.6 Å². The third kappa shape index (κ3) is 3.55. The second-order valence-corrected chi connectivity index (χ2v) is 6.41. The van der Waals surface area contributed by atoms with Gasteiger partial charge in [0, 0.05) is 24.0 Å². The van der Waals surface area contributed by atoms with E-state index < -0.39 is 0 Å². The molecule has 0 aliphatic carbocycles. The zero-order valence-electron chi connectivity index (χ0n) is 13.4. The molecule has 1 aromatic heterocycles. The fourth-order valence-electron chi connectivity index (χ4n) is 2.86. The average molecular weight is 311 g/mol. The first-order valence-corrected chi connectivity index (χ1v) is 8.55. The minimum atomic E-state index is -0.308. The summed E-state index contributed by atoms with van der Waals surface area (Å²) in [5, 5.41) is 0.949. The molecule has 0 bridgehead atoms. The van der Waals surface area contributed by atoms with Crippen LogP contribution in [0.5, 0.6) is 0 Å². The second kappa shape index (κ2) is 7.22. The Bertz CT molecular complexity index is 485. The van der Waals surface area contributed by atoms with Gasteiger partial charge in [0.1, 0.15) is 0 Å². The molecule has 0 aromatic carbocycles. The molecule has 1 atom stereocenters. The minimum Gasteiger partial charge on any atom is -0.461 e. The summed E-state index contributed by atoms with van der Waals surface area (Å²) >= 11 is 1.59. The van der Waals surface area contributed by atoms with Crippen LogP contribution in [0.4, 0.5) is 5.13 Å². The van der Waals surface area contributed by atoms with Gasteiger partial charge >= 0.3 is 5.97 Å². The van der Waals surface area contributed by atoms with E-state index in [0.29, 0.717) is 18.3 Å². The van der Waals surface area contributed by atoms with Crippen molar-refractivity contribution in [2.45, 2.75) is 40.2 Å². The van der Waals surface area contributed by atoms with Gasteiger partial charge in [0.15, 0.2) is 10.8 Å². The summed E-state index contributed by atoms with van der Waals surface area (Å²) in [6.45, 7) is 12.7. The molecule has 2 rings (SSSR count). The number of aromatic nitrogens is 1. The van der Waals surface area contributed by atoms with E-state index >= 15 is 0 Å². The summed E-state index contributed by atoms with van der Waals surface area (Å²) < 4.78 is 5.06. The van der Waals surface area contributed by atoms with Crippen molar-refractivity contribution >= 4 is 22.4 Å². The maximum absolute atomic E-state index is 11.9. The number of hydrogen-bond acceptors (Lipinski definition) is 6. The van der Waals surface area contributed by atoms with E-state index in [2.05, 4.69) is 28.6 Å². The summed E-state index contributed by atoms with van der Waals surface area (Å²) in [7, 11) is 0. The van der Waals surface area contributed by atoms with E-state index in [9.17, 15) is 4.79 Å². The lowest BCUT2D eigenvalue weighted by molar-refractivity contribution is 0.0519. The van der Waals surface area contributed by atoms with Crippen LogP contribution in [0.25, 0.3) is 0 Å². The van der Waals surface area contributed by atoms with Crippen LogP contribution in [0.2, 0.25) is 0 Å². The highest BCUT2D eigenvalue weighted by Gasteiger charge is 2.29. The maximum Gasteiger partial charge on any atom is 0.358 e. The number of rotatable bonds is 6. The smallest absolute Gasteiger partial charge is 0.358 e. The largest absolute Gasteiger partial charge is 0.461 e. The van der Waals surface area contributed by atoms with Gasteiger partial charge in [0.2, 0.25) is 0 Å². The predicted molar refractivity (Wildman–Crippen MR) is 86.3 cm³/mol. The highest BCUT2D eigenvalue weighted by molar-refractivity contribution is 7.15. The van der Waals surface area contributed by atoms with Gasteiger partial charge in [0.25, 0.3) is 0 Å². The van der Waals surface area contributed by atoms with E-state index in [1.54, 1.807) is 11.3 Å². The van der Waals surface area contributed by atoms with Crippen molar-refractivity contribution < 1.29 is 9.53 Å². The predicted octanol–water partition coefficient (Wildman–Crippen LogP) is 2.55. The normalized spacial score (nSPS) is 18.5. The Morgan fingerprint density at radius 1 is 1.43 bits per heavy atom. The molecule has 6 heteroatoms. The Labute approximate surface area is 130 Å². The van der Waals surface area contributed by atoms with Gasteiger partial charge in [-0.1, -0.05) is 13.8 Å². The number of aryl methyl sites for hydroxylation is 1. The van der Waals surface area contributed by atoms with Gasteiger partial charge in [-0.2, -0.15) is 0 Å². The van der Waals surface area contributed by atoms with E-state index in [1.165, 1.54) is 0 Å². The third-order valence-corrected chi connectivity index (χ3v) is 5.05. The van der Waals surface area contributed by atoms with Crippen molar-refractivity contribution in [2.75, 3.05) is 37.7 Å². The number of carbonyl (C=O) groups is 1. The van der Waals surface area contributed by atoms with Crippen LogP contribution in [0.3, 0.4) is 0 Å². The molecular formula is C15H25N3O2S. The molecule has 5 nitrogen and oxygen atoms in total. The maximum atomic E-state index is 11.9. The summed E-state index contributed by atoms with van der Waals surface area (Å²) in [6.07, 6.45) is 1.16. The minimum absolute atomic E-state index is 0.308. The van der Waals surface area contributed by atoms with Gasteiger partial charge in [-0.05, 0) is 33.4 Å². The molecule has 1 fully saturated rings. The Hall–Kier alpha value is -1.14. The van der Waals surface area contributed by atoms with Crippen molar-refractivity contribution in [2.24, 2.45) is 0 Å². The monoisotopic (exact) mass is 311 g/mol. The van der Waals surface area contributed by atoms with Crippen LogP contribution in [-0.2, 0) is 4.74 Å². The van der Waals surface area contributed by atoms with E-state index in [4.69, 9.17) is 4.74 Å². The number of carbonyl (C=O) groups excluding carboxylic acids is 1. The van der Waals surface area contributed by atoms with Gasteiger partial charge < -0.3 is 9.64 Å². The summed E-state index contributed by atoms with van der Waals surface area (Å²) in [4.78, 5) is 22.1. The van der Waals surface area contributed by atoms with Crippen LogP contribution < -0.4 is 4.90 Å². The van der Waals surface area contributed by atoms with Crippen molar-refractivity contribution in [3.8, 4) is 0 Å². The van der Waals surface area contributed by atoms with E-state index in [0.717, 1.165) is 42.6 Å². The summed E-state index contributed by atoms with van der Waals surface area (Å²) in [5.74, 6) is -0.308. The Balaban J connectivity index is 2.07. The standard InChI is InChI=1S/C15H25N3O2S/c1-5-17(6-2)12-8-9-18(10-12)15-16-13(11(4)21-15)14(19)20-7-3/h12H,5-10H2,1-4H3. The van der Waals surface area contributed by atoms with Crippen LogP contribution in [0.1, 0.15) is 42.6 Å². The summed E-state index contributed by atoms with van der Waals surface area (Å²) in [5.41, 5.74) is 0.475. The first-order chi connectivity index (χ1) is 10.1. The molecule has 0 N–H and O–H groups in total. The molecule has 1 aliphatic heterocycles. The fraction of sp³-hybridized carbons (Fsp3) is 0.733. The first kappa shape index (κ1) is 16.2. The third-order valence-electron chi connectivity index (χ3n) is 4.02. The lowest BCUT2D eigenvalue weighted by Crippen LogP contribution is -2.37. The van der Waals surface area contributed by atoms with Crippen molar-refractivity contribution in [1.29, 1.82) is 0 Å². The lowest BCUT2D eigenvalue weighted by atomic mass is 10.2. The Morgan fingerprint density at radius 2 is 2.14 bits per heavy atom. The Kier molecular flexibility index (Phi) is 5.58. The molecule has 0 saturated carbocycles. The number of ether oxygens (including phenoxy) is 1. The average Bonchev–Trinajstić information content (AvgIpc) is 3.07. The molecule has 1 saturated heterocycles. The highest BCUT2D eigenvalue weighted by Crippen LogP contribution is 2.29. The Morgan fingerprint density at radius 3 is 2.76 bits per heavy atom. The van der Waals surface area contributed by atoms with Gasteiger partial charge in [0.05, 0.1) is 6.61 Å². The number of hydrogen-bond donors (Lipinski definition) is 0. The second-order valence-electron chi connectivity index (χ2n) is 5.23. The molecule has 21 heavy (non-hydrogen) atoms. The number of likely N-dealkylation sites (N-methyl/N-ethyl adjacent to an activating group) is 1. The number of thiazole rings is 1. The molecule has 0 amide bonds. The van der Waals surface area contributed by atoms with Gasteiger partial charge in [-0.15, -0.1) is 11.3 Å². The van der Waals surface area contributed by atoms with Crippen LogP contribution in [0, 0.1) is 6.92 Å². The number of anilines is 1. The van der Waals surface area contributed by atoms with Crippen LogP contribution in [0.15, 0.2) is 0 Å². The molecule has 1 aliphatic rings. The van der Waals surface area contributed by atoms with Gasteiger partial charge in [-0.3, -0.25) is 4.90 Å². The van der Waals surface area contributed by atoms with E-state index in [1.807, 2.05) is 13.8 Å². The SMILES string of the molecule is CCOC(=O)c1nc(N2CCC(N(CC)CC)C2)sc1C. The molecular weight excluding hydrogens is 286 g/mol. The topological polar surface area (TPSA) is 45.7 Å². The highest BCUT2D eigenvalue weighted by atomic mass is 32.1. The van der Waals surface area contributed by atoms with Gasteiger partial charge in [-0.25, -0.2) is 9.78 Å². The molecule has 2 heterocycles. The molecule has 0 spiro atoms. The number of esters is 1. The van der Waals surface area contributed by atoms with Crippen LogP contribution in [-0.4, -0.2) is 54.7 Å². The molecule has 1 unspecified atom stereocenters. The number of nitrogens with zero attached hydrogens (tertiary/aromatic N) is 3. The fourth-order valence-corrected chi connectivity index (χ4v) is 3.79. The molecule has 0 radical (unpaired) electrons. The summed E-state index contributed by atoms with van der Waals surface area (Å²) in [6, 6.07) is 0.593. The van der Waals surface area contributed by atoms with Crippen molar-refractivity contribution in [3.63, 3.8) is 0 Å². The zero-order chi connectivity index (χ0) is 15.4. The molecule has 1 aromatic rings. The first-order valence-electron chi connectivity index (χ1n) is 7.74. The van der Waals surface area contributed by atoms with Crippen LogP contribution >= 0.6 is 11.3 Å². The molecule has 118 valence electrons. The zero-order valence-corrected chi connectivity index (χ0v) is 14.2. The quantitative estimate of drug-likeness (QED) is 0.756. The lowest BCUT2D eigenvalue weighted by Gasteiger charge is -2.25. The van der Waals surface area contributed by atoms with Crippen molar-refractivity contribution in [1.82, 2.24) is 9.88 Å². The van der Waals surface area contributed by atoms with E-state index in [-0.39, 0.29) is 5.97 Å².